The van der Waals surface area contributed by atoms with Crippen molar-refractivity contribution in [3.63, 3.8) is 0 Å². The standard InChI is InChI=1S/C28H22F2N4O/c1-18-15-23(19(2)33(18)26-14-7-6-13-24(26)30)25-17-27(34(32-25)22-11-4-3-5-12-22)31-28(35)20-9-8-10-21(29)16-20/h3-17H,1-2H3,(H,31,35). The number of nitrogens with one attached hydrogen (secondary N) is 1. The highest BCUT2D eigenvalue weighted by molar-refractivity contribution is 6.04. The lowest BCUT2D eigenvalue weighted by Gasteiger charge is -2.10. The quantitative estimate of drug-likeness (QED) is 0.321. The van der Waals surface area contributed by atoms with Crippen LogP contribution >= 0.6 is 0 Å². The minimum absolute atomic E-state index is 0.199. The summed E-state index contributed by atoms with van der Waals surface area (Å²) in [6, 6.07) is 25.2. The van der Waals surface area contributed by atoms with E-state index in [1.807, 2.05) is 54.8 Å². The highest BCUT2D eigenvalue weighted by Crippen LogP contribution is 2.32. The Morgan fingerprint density at radius 2 is 1.60 bits per heavy atom. The maximum Gasteiger partial charge on any atom is 0.256 e. The molecule has 0 saturated carbocycles. The van der Waals surface area contributed by atoms with Crippen LogP contribution < -0.4 is 5.32 Å². The SMILES string of the molecule is Cc1cc(-c2cc(NC(=O)c3cccc(F)c3)n(-c3ccccc3)n2)c(C)n1-c1ccccc1F. The van der Waals surface area contributed by atoms with Gasteiger partial charge in [0.1, 0.15) is 17.5 Å². The molecule has 174 valence electrons. The van der Waals surface area contributed by atoms with Crippen LogP contribution in [-0.2, 0) is 0 Å². The number of amides is 1. The van der Waals surface area contributed by atoms with Gasteiger partial charge in [-0.2, -0.15) is 5.10 Å². The Kier molecular flexibility index (Phi) is 5.74. The Labute approximate surface area is 201 Å². The molecule has 0 unspecified atom stereocenters. The number of carbonyl (C=O) groups is 1. The van der Waals surface area contributed by atoms with E-state index in [4.69, 9.17) is 5.10 Å². The van der Waals surface area contributed by atoms with Crippen molar-refractivity contribution in [3.8, 4) is 22.6 Å². The Hall–Kier alpha value is -4.52. The van der Waals surface area contributed by atoms with E-state index in [0.29, 0.717) is 17.2 Å². The molecular formula is C28H22F2N4O. The number of hydrogen-bond acceptors (Lipinski definition) is 2. The third-order valence-electron chi connectivity index (χ3n) is 5.84. The first-order valence-electron chi connectivity index (χ1n) is 11.1. The smallest absolute Gasteiger partial charge is 0.256 e. The summed E-state index contributed by atoms with van der Waals surface area (Å²) in [5, 5.41) is 7.62. The molecule has 5 rings (SSSR count). The summed E-state index contributed by atoms with van der Waals surface area (Å²) in [4.78, 5) is 12.9. The molecule has 0 aliphatic heterocycles. The summed E-state index contributed by atoms with van der Waals surface area (Å²) in [5.74, 6) is -0.838. The van der Waals surface area contributed by atoms with Crippen molar-refractivity contribution in [1.29, 1.82) is 0 Å². The van der Waals surface area contributed by atoms with Gasteiger partial charge in [-0.25, -0.2) is 13.5 Å². The molecule has 0 saturated heterocycles. The second kappa shape index (κ2) is 9.02. The van der Waals surface area contributed by atoms with Crippen molar-refractivity contribution in [2.45, 2.75) is 13.8 Å². The number of benzene rings is 3. The van der Waals surface area contributed by atoms with E-state index < -0.39 is 11.7 Å². The van der Waals surface area contributed by atoms with Gasteiger partial charge < -0.3 is 9.88 Å². The van der Waals surface area contributed by atoms with Gasteiger partial charge in [-0.3, -0.25) is 4.79 Å². The molecule has 2 aromatic heterocycles. The van der Waals surface area contributed by atoms with Crippen LogP contribution in [0.4, 0.5) is 14.6 Å². The normalized spacial score (nSPS) is 11.0. The molecular weight excluding hydrogens is 446 g/mol. The number of rotatable bonds is 5. The zero-order chi connectivity index (χ0) is 24.5. The highest BCUT2D eigenvalue weighted by atomic mass is 19.1. The monoisotopic (exact) mass is 468 g/mol. The number of hydrogen-bond donors (Lipinski definition) is 1. The van der Waals surface area contributed by atoms with Crippen LogP contribution in [0.25, 0.3) is 22.6 Å². The van der Waals surface area contributed by atoms with E-state index in [0.717, 1.165) is 22.6 Å². The Bertz CT molecular complexity index is 1540. The fourth-order valence-electron chi connectivity index (χ4n) is 4.21. The first-order valence-corrected chi connectivity index (χ1v) is 11.1. The first kappa shape index (κ1) is 22.3. The van der Waals surface area contributed by atoms with Gasteiger partial charge in [0, 0.05) is 28.6 Å². The minimum Gasteiger partial charge on any atom is -0.315 e. The lowest BCUT2D eigenvalue weighted by Crippen LogP contribution is -2.15. The predicted molar refractivity (Wildman–Crippen MR) is 132 cm³/mol. The molecule has 1 amide bonds. The fraction of sp³-hybridized carbons (Fsp3) is 0.0714. The molecule has 1 N–H and O–H groups in total. The Morgan fingerprint density at radius 1 is 0.857 bits per heavy atom. The molecule has 3 aromatic carbocycles. The van der Waals surface area contributed by atoms with Gasteiger partial charge in [0.15, 0.2) is 0 Å². The average molecular weight is 469 g/mol. The van der Waals surface area contributed by atoms with Crippen molar-refractivity contribution in [2.75, 3.05) is 5.32 Å². The lowest BCUT2D eigenvalue weighted by atomic mass is 10.2. The molecule has 0 aliphatic carbocycles. The van der Waals surface area contributed by atoms with Crippen molar-refractivity contribution < 1.29 is 13.6 Å². The maximum atomic E-state index is 14.6. The molecule has 0 atom stereocenters. The molecule has 5 aromatic rings. The van der Waals surface area contributed by atoms with Crippen LogP contribution in [0.15, 0.2) is 91.0 Å². The second-order valence-corrected chi connectivity index (χ2v) is 8.20. The van der Waals surface area contributed by atoms with Crippen LogP contribution in [-0.4, -0.2) is 20.3 Å². The van der Waals surface area contributed by atoms with Crippen LogP contribution in [0.2, 0.25) is 0 Å². The number of aryl methyl sites for hydroxylation is 1. The number of halogens is 2. The Balaban J connectivity index is 1.60. The minimum atomic E-state index is -0.490. The number of aromatic nitrogens is 3. The van der Waals surface area contributed by atoms with Crippen LogP contribution in [0.5, 0.6) is 0 Å². The van der Waals surface area contributed by atoms with Crippen molar-refractivity contribution in [1.82, 2.24) is 14.3 Å². The zero-order valence-corrected chi connectivity index (χ0v) is 19.2. The fourth-order valence-corrected chi connectivity index (χ4v) is 4.21. The first-order chi connectivity index (χ1) is 16.9. The van der Waals surface area contributed by atoms with Gasteiger partial charge in [-0.15, -0.1) is 0 Å². The molecule has 0 radical (unpaired) electrons. The van der Waals surface area contributed by atoms with Gasteiger partial charge in [-0.05, 0) is 62.4 Å². The van der Waals surface area contributed by atoms with Gasteiger partial charge >= 0.3 is 0 Å². The maximum absolute atomic E-state index is 14.6. The van der Waals surface area contributed by atoms with E-state index in [2.05, 4.69) is 5.32 Å². The molecule has 0 bridgehead atoms. The second-order valence-electron chi connectivity index (χ2n) is 8.20. The van der Waals surface area contributed by atoms with E-state index in [-0.39, 0.29) is 11.4 Å². The van der Waals surface area contributed by atoms with Crippen molar-refractivity contribution >= 4 is 11.7 Å². The molecule has 0 aliphatic rings. The van der Waals surface area contributed by atoms with Gasteiger partial charge in [0.05, 0.1) is 17.1 Å². The predicted octanol–water partition coefficient (Wildman–Crippen LogP) is 6.48. The number of nitrogens with zero attached hydrogens (tertiary/aromatic N) is 3. The summed E-state index contributed by atoms with van der Waals surface area (Å²) in [6.45, 7) is 3.81. The van der Waals surface area contributed by atoms with E-state index in [9.17, 15) is 13.6 Å². The largest absolute Gasteiger partial charge is 0.315 e. The summed E-state index contributed by atoms with van der Waals surface area (Å²) >= 11 is 0. The van der Waals surface area contributed by atoms with Crippen molar-refractivity contribution in [2.24, 2.45) is 0 Å². The van der Waals surface area contributed by atoms with E-state index in [1.165, 1.54) is 24.3 Å². The molecule has 7 heteroatoms. The Morgan fingerprint density at radius 3 is 2.34 bits per heavy atom. The summed E-state index contributed by atoms with van der Waals surface area (Å²) < 4.78 is 31.7. The zero-order valence-electron chi connectivity index (χ0n) is 19.2. The van der Waals surface area contributed by atoms with E-state index >= 15 is 0 Å². The summed E-state index contributed by atoms with van der Waals surface area (Å²) in [6.07, 6.45) is 0. The number of carbonyl (C=O) groups excluding carboxylic acids is 1. The lowest BCUT2D eigenvalue weighted by molar-refractivity contribution is 0.102. The third-order valence-corrected chi connectivity index (χ3v) is 5.84. The summed E-state index contributed by atoms with van der Waals surface area (Å²) in [5.41, 5.74) is 4.48. The van der Waals surface area contributed by atoms with Gasteiger partial charge in [0.2, 0.25) is 0 Å². The highest BCUT2D eigenvalue weighted by Gasteiger charge is 2.20. The van der Waals surface area contributed by atoms with Crippen LogP contribution in [0.1, 0.15) is 21.7 Å². The van der Waals surface area contributed by atoms with Crippen LogP contribution in [0, 0.1) is 25.5 Å². The van der Waals surface area contributed by atoms with Gasteiger partial charge in [-0.1, -0.05) is 36.4 Å². The van der Waals surface area contributed by atoms with E-state index in [1.54, 1.807) is 35.0 Å². The summed E-state index contributed by atoms with van der Waals surface area (Å²) in [7, 11) is 0. The average Bonchev–Trinajstić information content (AvgIpc) is 3.40. The topological polar surface area (TPSA) is 51.9 Å². The van der Waals surface area contributed by atoms with Crippen molar-refractivity contribution in [3.05, 3.63) is 120 Å². The molecule has 35 heavy (non-hydrogen) atoms. The molecule has 5 nitrogen and oxygen atoms in total. The number of anilines is 1. The third kappa shape index (κ3) is 4.24. The number of para-hydroxylation sites is 2. The van der Waals surface area contributed by atoms with Crippen LogP contribution in [0.3, 0.4) is 0 Å². The van der Waals surface area contributed by atoms with Gasteiger partial charge in [0.25, 0.3) is 5.91 Å². The molecule has 0 spiro atoms. The molecule has 0 fully saturated rings. The molecule has 2 heterocycles.